The molecule has 0 aliphatic heterocycles. The second-order valence-corrected chi connectivity index (χ2v) is 3.50. The van der Waals surface area contributed by atoms with Gasteiger partial charge >= 0.3 is 79.8 Å². The van der Waals surface area contributed by atoms with Crippen molar-refractivity contribution in [2.45, 2.75) is 19.8 Å². The second-order valence-electron chi connectivity index (χ2n) is 2.56. The van der Waals surface area contributed by atoms with Crippen LogP contribution in [-0.2, 0) is 25.2 Å². The fraction of sp³-hybridized carbons (Fsp3) is 0.556. The summed E-state index contributed by atoms with van der Waals surface area (Å²) in [6.45, 7) is 3.73. The first kappa shape index (κ1) is 16.2. The van der Waals surface area contributed by atoms with Gasteiger partial charge in [0.2, 0.25) is 0 Å². The van der Waals surface area contributed by atoms with Crippen molar-refractivity contribution < 1.29 is 50.0 Å². The van der Waals surface area contributed by atoms with Crippen molar-refractivity contribution in [3.8, 4) is 0 Å². The van der Waals surface area contributed by atoms with E-state index in [9.17, 15) is 0 Å². The van der Waals surface area contributed by atoms with Gasteiger partial charge in [-0.1, -0.05) is 0 Å². The molecule has 0 N–H and O–H groups in total. The topological polar surface area (TPSA) is 9.23 Å². The summed E-state index contributed by atoms with van der Waals surface area (Å²) < 4.78 is 6.78. The molecule has 1 aliphatic carbocycles. The summed E-state index contributed by atoms with van der Waals surface area (Å²) >= 11 is 2.20. The van der Waals surface area contributed by atoms with Gasteiger partial charge in [-0.15, -0.1) is 0 Å². The smallest absolute Gasteiger partial charge is 1.00 e. The van der Waals surface area contributed by atoms with Crippen LogP contribution >= 0.6 is 0 Å². The van der Waals surface area contributed by atoms with E-state index in [1.54, 1.807) is 0 Å². The molecule has 0 amide bonds. The van der Waals surface area contributed by atoms with E-state index in [2.05, 4.69) is 32.6 Å². The van der Waals surface area contributed by atoms with E-state index < -0.39 is 0 Å². The summed E-state index contributed by atoms with van der Waals surface area (Å²) in [6.07, 6.45) is 6.66. The van der Waals surface area contributed by atoms with E-state index >= 15 is 0 Å². The summed E-state index contributed by atoms with van der Waals surface area (Å²) in [6, 6.07) is 0. The Hall–Kier alpha value is 0.734. The molecule has 0 aromatic carbocycles. The fourth-order valence-electron chi connectivity index (χ4n) is 1.11. The van der Waals surface area contributed by atoms with Gasteiger partial charge in [0, 0.05) is 0 Å². The van der Waals surface area contributed by atoms with Gasteiger partial charge < -0.3 is 24.8 Å². The molecular formula is C9H13Cl2OTi. The van der Waals surface area contributed by atoms with Crippen molar-refractivity contribution in [3.63, 3.8) is 0 Å². The van der Waals surface area contributed by atoms with Gasteiger partial charge in [-0.3, -0.25) is 0 Å². The van der Waals surface area contributed by atoms with E-state index in [4.69, 9.17) is 4.74 Å². The van der Waals surface area contributed by atoms with E-state index in [0.29, 0.717) is 0 Å². The fourth-order valence-corrected chi connectivity index (χ4v) is 1.62. The van der Waals surface area contributed by atoms with Crippen LogP contribution in [0.1, 0.15) is 19.8 Å². The zero-order chi connectivity index (χ0) is 8.10. The maximum Gasteiger partial charge on any atom is -1.00 e. The normalized spacial score (nSPS) is 14.1. The molecule has 1 aliphatic rings. The van der Waals surface area contributed by atoms with Crippen LogP contribution in [0.5, 0.6) is 0 Å². The van der Waals surface area contributed by atoms with E-state index in [0.717, 1.165) is 26.1 Å². The van der Waals surface area contributed by atoms with Crippen molar-refractivity contribution in [1.29, 1.82) is 0 Å². The molecule has 4 heteroatoms. The van der Waals surface area contributed by atoms with Crippen LogP contribution < -0.4 is 24.8 Å². The standard InChI is InChI=1S/C9H13O.2ClH.Ti/c1-2-10-8-7-9-5-3-4-6-9;;;/h3,5H,2,4,7-8H2,1H3;2*1H;/q;;;+2/p-2. The van der Waals surface area contributed by atoms with E-state index in [1.165, 1.54) is 9.45 Å². The van der Waals surface area contributed by atoms with Gasteiger partial charge in [-0.25, -0.2) is 0 Å². The molecule has 1 rings (SSSR count). The van der Waals surface area contributed by atoms with E-state index in [1.807, 2.05) is 6.92 Å². The number of halogens is 2. The molecule has 0 bridgehead atoms. The van der Waals surface area contributed by atoms with Crippen LogP contribution in [0, 0.1) is 0 Å². The second kappa shape index (κ2) is 9.30. The number of ether oxygens (including phenoxy) is 1. The molecule has 0 atom stereocenters. The predicted molar refractivity (Wildman–Crippen MR) is 41.9 cm³/mol. The van der Waals surface area contributed by atoms with Crippen LogP contribution in [0.25, 0.3) is 0 Å². The molecule has 0 fully saturated rings. The maximum atomic E-state index is 5.28. The molecule has 0 unspecified atom stereocenters. The number of allylic oxidation sites excluding steroid dienone is 3. The first-order valence-electron chi connectivity index (χ1n) is 4.02. The Morgan fingerprint density at radius 2 is 2.15 bits per heavy atom. The average Bonchev–Trinajstić information content (AvgIpc) is 2.37. The minimum atomic E-state index is 0. The molecule has 0 spiro atoms. The molecule has 0 saturated carbocycles. The first-order valence-corrected chi connectivity index (χ1v) is 4.80. The Kier molecular flexibility index (Phi) is 11.6. The van der Waals surface area contributed by atoms with Crippen molar-refractivity contribution >= 4 is 0 Å². The van der Waals surface area contributed by atoms with Gasteiger partial charge in [0.15, 0.2) is 0 Å². The van der Waals surface area contributed by atoms with Gasteiger partial charge in [0.05, 0.1) is 0 Å². The summed E-state index contributed by atoms with van der Waals surface area (Å²) in [7, 11) is 0. The third kappa shape index (κ3) is 5.93. The zero-order valence-electron chi connectivity index (χ0n) is 7.65. The maximum absolute atomic E-state index is 5.28. The molecule has 0 heterocycles. The molecule has 73 valence electrons. The quantitative estimate of drug-likeness (QED) is 0.370. The van der Waals surface area contributed by atoms with Crippen LogP contribution in [0.2, 0.25) is 0 Å². The largest absolute Gasteiger partial charge is 1.00 e. The van der Waals surface area contributed by atoms with Crippen molar-refractivity contribution in [1.82, 2.24) is 0 Å². The van der Waals surface area contributed by atoms with Gasteiger partial charge in [0.1, 0.15) is 0 Å². The Bertz CT molecular complexity index is 190. The summed E-state index contributed by atoms with van der Waals surface area (Å²) in [5.41, 5.74) is 1.47. The molecule has 1 nitrogen and oxygen atoms in total. The van der Waals surface area contributed by atoms with Crippen LogP contribution in [0.15, 0.2) is 21.6 Å². The van der Waals surface area contributed by atoms with E-state index in [-0.39, 0.29) is 24.8 Å². The summed E-state index contributed by atoms with van der Waals surface area (Å²) in [5, 5.41) is 0. The summed E-state index contributed by atoms with van der Waals surface area (Å²) in [4.78, 5) is 0. The number of rotatable bonds is 4. The third-order valence-electron chi connectivity index (χ3n) is 1.75. The Labute approximate surface area is 104 Å². The molecule has 0 aromatic rings. The Balaban J connectivity index is 0. The molecule has 13 heavy (non-hydrogen) atoms. The van der Waals surface area contributed by atoms with Crippen molar-refractivity contribution in [2.24, 2.45) is 0 Å². The monoisotopic (exact) mass is 255 g/mol. The Morgan fingerprint density at radius 3 is 2.62 bits per heavy atom. The average molecular weight is 256 g/mol. The van der Waals surface area contributed by atoms with Crippen molar-refractivity contribution in [3.05, 3.63) is 21.6 Å². The minimum Gasteiger partial charge on any atom is -1.00 e. The number of hydrogen-bond donors (Lipinski definition) is 0. The molecule has 0 radical (unpaired) electrons. The van der Waals surface area contributed by atoms with Crippen LogP contribution in [0.4, 0.5) is 0 Å². The van der Waals surface area contributed by atoms with Crippen LogP contribution in [0.3, 0.4) is 0 Å². The van der Waals surface area contributed by atoms with Gasteiger partial charge in [0.25, 0.3) is 0 Å². The SMILES string of the molecule is CCOCCC1=[C]([Ti+2])CC=C1.[Cl-].[Cl-]. The molecular weight excluding hydrogens is 243 g/mol. The first-order chi connectivity index (χ1) is 5.34. The van der Waals surface area contributed by atoms with Crippen molar-refractivity contribution in [2.75, 3.05) is 13.2 Å². The Morgan fingerprint density at radius 1 is 1.46 bits per heavy atom. The molecule has 0 aromatic heterocycles. The third-order valence-corrected chi connectivity index (χ3v) is 2.57. The molecule has 0 saturated heterocycles. The number of hydrogen-bond acceptors (Lipinski definition) is 1. The summed E-state index contributed by atoms with van der Waals surface area (Å²) in [5.74, 6) is 0. The minimum absolute atomic E-state index is 0. The predicted octanol–water partition coefficient (Wildman–Crippen LogP) is -3.82. The zero-order valence-corrected chi connectivity index (χ0v) is 10.7. The van der Waals surface area contributed by atoms with Gasteiger partial charge in [-0.05, 0) is 0 Å². The van der Waals surface area contributed by atoms with Gasteiger partial charge in [-0.2, -0.15) is 0 Å². The van der Waals surface area contributed by atoms with Crippen LogP contribution in [-0.4, -0.2) is 13.2 Å².